The van der Waals surface area contributed by atoms with E-state index in [1.807, 2.05) is 18.2 Å². The van der Waals surface area contributed by atoms with Crippen LogP contribution in [0.3, 0.4) is 0 Å². The summed E-state index contributed by atoms with van der Waals surface area (Å²) in [6, 6.07) is 15.0. The summed E-state index contributed by atoms with van der Waals surface area (Å²) in [5, 5.41) is 0. The normalized spacial score (nSPS) is 18.6. The zero-order valence-corrected chi connectivity index (χ0v) is 20.4. The molecule has 0 saturated carbocycles. The first kappa shape index (κ1) is 23.6. The van der Waals surface area contributed by atoms with Gasteiger partial charge in [-0.1, -0.05) is 6.07 Å². The second-order valence-corrected chi connectivity index (χ2v) is 10.9. The largest absolute Gasteiger partial charge is 0.493 e. The number of methoxy groups -OCH3 is 1. The van der Waals surface area contributed by atoms with Crippen LogP contribution in [0.4, 0.5) is 4.39 Å². The Kier molecular flexibility index (Phi) is 6.42. The number of hydrogen-bond acceptors (Lipinski definition) is 6. The highest BCUT2D eigenvalue weighted by atomic mass is 32.2. The minimum Gasteiger partial charge on any atom is -0.493 e. The van der Waals surface area contributed by atoms with Crippen LogP contribution in [0.2, 0.25) is 0 Å². The van der Waals surface area contributed by atoms with Crippen LogP contribution in [0.5, 0.6) is 23.0 Å². The maximum absolute atomic E-state index is 14.9. The number of benzene rings is 3. The highest BCUT2D eigenvalue weighted by molar-refractivity contribution is 7.90. The molecule has 3 aromatic rings. The number of ether oxygens (including phenoxy) is 4. The summed E-state index contributed by atoms with van der Waals surface area (Å²) in [6.07, 6.45) is 2.83. The van der Waals surface area contributed by atoms with Crippen LogP contribution in [0.1, 0.15) is 41.6 Å². The predicted octanol–water partition coefficient (Wildman–Crippen LogP) is 5.60. The Balaban J connectivity index is 1.34. The molecule has 0 fully saturated rings. The molecule has 6 nitrogen and oxygen atoms in total. The summed E-state index contributed by atoms with van der Waals surface area (Å²) < 4.78 is 61.5. The number of sulfone groups is 1. The van der Waals surface area contributed by atoms with Gasteiger partial charge >= 0.3 is 0 Å². The average Bonchev–Trinajstić information content (AvgIpc) is 3.44. The van der Waals surface area contributed by atoms with Gasteiger partial charge in [-0.25, -0.2) is 12.8 Å². The molecule has 184 valence electrons. The summed E-state index contributed by atoms with van der Waals surface area (Å²) in [5.74, 6) is 2.43. The minimum absolute atomic E-state index is 0.214. The van der Waals surface area contributed by atoms with Crippen LogP contribution in [-0.4, -0.2) is 35.0 Å². The predicted molar refractivity (Wildman–Crippen MR) is 129 cm³/mol. The first-order chi connectivity index (χ1) is 16.8. The van der Waals surface area contributed by atoms with Crippen molar-refractivity contribution in [1.82, 2.24) is 0 Å². The average molecular weight is 499 g/mol. The van der Waals surface area contributed by atoms with Gasteiger partial charge in [0.2, 0.25) is 0 Å². The van der Waals surface area contributed by atoms with Crippen molar-refractivity contribution in [1.29, 1.82) is 0 Å². The van der Waals surface area contributed by atoms with Crippen molar-refractivity contribution in [3.8, 4) is 23.0 Å². The van der Waals surface area contributed by atoms with Gasteiger partial charge in [0.1, 0.15) is 34.9 Å². The Bertz CT molecular complexity index is 1340. The molecule has 0 radical (unpaired) electrons. The van der Waals surface area contributed by atoms with E-state index in [2.05, 4.69) is 0 Å². The molecule has 0 spiro atoms. The van der Waals surface area contributed by atoms with Crippen molar-refractivity contribution in [2.45, 2.75) is 36.2 Å². The quantitative estimate of drug-likeness (QED) is 0.403. The molecule has 0 bridgehead atoms. The van der Waals surface area contributed by atoms with Gasteiger partial charge in [-0.2, -0.15) is 0 Å². The maximum atomic E-state index is 14.9. The van der Waals surface area contributed by atoms with E-state index in [4.69, 9.17) is 18.9 Å². The fourth-order valence-corrected chi connectivity index (χ4v) is 5.36. The lowest BCUT2D eigenvalue weighted by atomic mass is 9.98. The third-order valence-corrected chi connectivity index (χ3v) is 7.66. The lowest BCUT2D eigenvalue weighted by Gasteiger charge is -2.17. The Labute approximate surface area is 204 Å². The molecule has 1 aliphatic carbocycles. The van der Waals surface area contributed by atoms with Crippen molar-refractivity contribution >= 4 is 9.84 Å². The number of fused-ring (bicyclic) bond motifs is 2. The third-order valence-electron chi connectivity index (χ3n) is 6.53. The molecule has 0 aromatic heterocycles. The molecule has 0 N–H and O–H groups in total. The summed E-state index contributed by atoms with van der Waals surface area (Å²) in [7, 11) is -1.60. The zero-order chi connectivity index (χ0) is 24.6. The van der Waals surface area contributed by atoms with Gasteiger partial charge in [0.05, 0.1) is 11.5 Å². The Morgan fingerprint density at radius 2 is 1.83 bits per heavy atom. The minimum atomic E-state index is -3.29. The third kappa shape index (κ3) is 4.86. The smallest absolute Gasteiger partial charge is 0.175 e. The van der Waals surface area contributed by atoms with Gasteiger partial charge in [-0.15, -0.1) is 0 Å². The van der Waals surface area contributed by atoms with Gasteiger partial charge in [-0.3, -0.25) is 0 Å². The van der Waals surface area contributed by atoms with Crippen LogP contribution in [0.25, 0.3) is 0 Å². The molecule has 2 atom stereocenters. The number of rotatable bonds is 8. The molecule has 0 unspecified atom stereocenters. The first-order valence-corrected chi connectivity index (χ1v) is 13.4. The molecule has 1 aliphatic heterocycles. The van der Waals surface area contributed by atoms with Crippen molar-refractivity contribution in [2.75, 3.05) is 26.6 Å². The van der Waals surface area contributed by atoms with E-state index in [-0.39, 0.29) is 10.7 Å². The monoisotopic (exact) mass is 498 g/mol. The van der Waals surface area contributed by atoms with Crippen molar-refractivity contribution < 1.29 is 31.8 Å². The molecular formula is C27H27FO6S. The van der Waals surface area contributed by atoms with E-state index in [0.29, 0.717) is 54.8 Å². The summed E-state index contributed by atoms with van der Waals surface area (Å²) in [6.45, 7) is 1.30. The topological polar surface area (TPSA) is 71.1 Å². The molecule has 0 amide bonds. The van der Waals surface area contributed by atoms with Gasteiger partial charge in [-0.05, 0) is 61.7 Å². The molecule has 2 aliphatic rings. The van der Waals surface area contributed by atoms with Crippen LogP contribution in [0, 0.1) is 5.82 Å². The van der Waals surface area contributed by atoms with E-state index in [0.717, 1.165) is 29.6 Å². The molecular weight excluding hydrogens is 471 g/mol. The molecule has 35 heavy (non-hydrogen) atoms. The van der Waals surface area contributed by atoms with Crippen molar-refractivity contribution in [2.24, 2.45) is 0 Å². The molecule has 8 heteroatoms. The molecule has 1 heterocycles. The van der Waals surface area contributed by atoms with Gasteiger partial charge < -0.3 is 18.9 Å². The summed E-state index contributed by atoms with van der Waals surface area (Å²) >= 11 is 0. The Hall–Kier alpha value is -3.10. The summed E-state index contributed by atoms with van der Waals surface area (Å²) in [5.41, 5.74) is 2.40. The van der Waals surface area contributed by atoms with Gasteiger partial charge in [0, 0.05) is 48.6 Å². The van der Waals surface area contributed by atoms with E-state index < -0.39 is 15.9 Å². The lowest BCUT2D eigenvalue weighted by molar-refractivity contribution is 0.181. The molecule has 5 rings (SSSR count). The number of hydrogen-bond donors (Lipinski definition) is 0. The second-order valence-electron chi connectivity index (χ2n) is 8.92. The Morgan fingerprint density at radius 3 is 2.57 bits per heavy atom. The fourth-order valence-electron chi connectivity index (χ4n) is 4.73. The fraction of sp³-hybridized carbons (Fsp3) is 0.333. The molecule has 0 saturated heterocycles. The lowest BCUT2D eigenvalue weighted by Crippen LogP contribution is -2.06. The van der Waals surface area contributed by atoms with Gasteiger partial charge in [0.25, 0.3) is 0 Å². The molecule has 3 aromatic carbocycles. The van der Waals surface area contributed by atoms with Crippen molar-refractivity contribution in [3.05, 3.63) is 77.1 Å². The van der Waals surface area contributed by atoms with Crippen LogP contribution >= 0.6 is 0 Å². The van der Waals surface area contributed by atoms with Crippen LogP contribution in [-0.2, 0) is 21.0 Å². The second kappa shape index (κ2) is 9.51. The van der Waals surface area contributed by atoms with Crippen LogP contribution < -0.4 is 14.2 Å². The highest BCUT2D eigenvalue weighted by Crippen LogP contribution is 2.44. The van der Waals surface area contributed by atoms with E-state index >= 15 is 0 Å². The van der Waals surface area contributed by atoms with Gasteiger partial charge in [0.15, 0.2) is 9.84 Å². The van der Waals surface area contributed by atoms with Crippen LogP contribution in [0.15, 0.2) is 59.5 Å². The SMILES string of the molecule is COCC[C@@H]1COc2cc(O[C@@H]3CCc4c(Oc5ccc(S(C)(=O)=O)cc5)ccc(F)c43)ccc21. The zero-order valence-electron chi connectivity index (χ0n) is 19.6. The first-order valence-electron chi connectivity index (χ1n) is 11.5. The van der Waals surface area contributed by atoms with Crippen molar-refractivity contribution in [3.63, 3.8) is 0 Å². The Morgan fingerprint density at radius 1 is 1.06 bits per heavy atom. The highest BCUT2D eigenvalue weighted by Gasteiger charge is 2.32. The van der Waals surface area contributed by atoms with E-state index in [9.17, 15) is 12.8 Å². The van der Waals surface area contributed by atoms with E-state index in [1.165, 1.54) is 18.2 Å². The standard InChI is InChI=1S/C27H27FO6S/c1-31-14-13-17-16-32-26-15-19(5-8-21(17)26)34-25-11-9-22-24(12-10-23(28)27(22)25)33-18-3-6-20(7-4-18)35(2,29)30/h3-8,10,12,15,17,25H,9,11,13-14,16H2,1-2H3/t17-,25-/m1/s1. The maximum Gasteiger partial charge on any atom is 0.175 e. The summed E-state index contributed by atoms with van der Waals surface area (Å²) in [4.78, 5) is 0.214. The number of halogens is 1. The van der Waals surface area contributed by atoms with E-state index in [1.54, 1.807) is 25.3 Å².